The van der Waals surface area contributed by atoms with Crippen molar-refractivity contribution in [2.24, 2.45) is 5.92 Å². The molecule has 0 aliphatic carbocycles. The molecule has 1 aliphatic heterocycles. The lowest BCUT2D eigenvalue weighted by molar-refractivity contribution is -0.207. The highest BCUT2D eigenvalue weighted by Crippen LogP contribution is 2.39. The lowest BCUT2D eigenvalue weighted by atomic mass is 9.80. The fraction of sp³-hybridized carbons (Fsp3) is 0.667. The molecule has 0 radical (unpaired) electrons. The van der Waals surface area contributed by atoms with Crippen molar-refractivity contribution in [3.63, 3.8) is 0 Å². The number of ether oxygens (including phenoxy) is 4. The van der Waals surface area contributed by atoms with Crippen LogP contribution in [0.5, 0.6) is 0 Å². The minimum Gasteiger partial charge on any atom is -0.469 e. The van der Waals surface area contributed by atoms with E-state index < -0.39 is 41.4 Å². The molecule has 124 valence electrons. The van der Waals surface area contributed by atoms with Gasteiger partial charge in [-0.05, 0) is 0 Å². The number of hydrogen-bond acceptors (Lipinski definition) is 10. The van der Waals surface area contributed by atoms with Crippen molar-refractivity contribution in [1.82, 2.24) is 5.06 Å². The van der Waals surface area contributed by atoms with E-state index in [4.69, 9.17) is 4.84 Å². The second-order valence-electron chi connectivity index (χ2n) is 4.30. The van der Waals surface area contributed by atoms with E-state index in [0.29, 0.717) is 0 Å². The largest absolute Gasteiger partial charge is 0.469 e. The molecule has 1 aliphatic rings. The van der Waals surface area contributed by atoms with Crippen molar-refractivity contribution in [2.75, 3.05) is 35.5 Å². The summed E-state index contributed by atoms with van der Waals surface area (Å²) in [6, 6.07) is 0. The zero-order valence-corrected chi connectivity index (χ0v) is 12.8. The van der Waals surface area contributed by atoms with E-state index in [1.807, 2.05) is 0 Å². The van der Waals surface area contributed by atoms with Gasteiger partial charge in [-0.25, -0.2) is 14.4 Å². The first-order valence-corrected chi connectivity index (χ1v) is 6.05. The van der Waals surface area contributed by atoms with Gasteiger partial charge < -0.3 is 18.9 Å². The van der Waals surface area contributed by atoms with Gasteiger partial charge in [-0.1, -0.05) is 0 Å². The number of nitrogens with zero attached hydrogens (tertiary/aromatic N) is 1. The van der Waals surface area contributed by atoms with Gasteiger partial charge in [0, 0.05) is 7.05 Å². The third kappa shape index (κ3) is 2.40. The van der Waals surface area contributed by atoms with Gasteiger partial charge in [-0.3, -0.25) is 9.63 Å². The molecule has 0 spiro atoms. The predicted octanol–water partition coefficient (Wildman–Crippen LogP) is -1.72. The first kappa shape index (κ1) is 17.9. The summed E-state index contributed by atoms with van der Waals surface area (Å²) >= 11 is 0. The van der Waals surface area contributed by atoms with Gasteiger partial charge in [0.25, 0.3) is 5.54 Å². The van der Waals surface area contributed by atoms with Gasteiger partial charge in [0.2, 0.25) is 0 Å². The monoisotopic (exact) mass is 319 g/mol. The van der Waals surface area contributed by atoms with Crippen LogP contribution in [0.15, 0.2) is 0 Å². The zero-order valence-electron chi connectivity index (χ0n) is 12.8. The van der Waals surface area contributed by atoms with Gasteiger partial charge in [-0.15, -0.1) is 0 Å². The molecule has 0 amide bonds. The number of methoxy groups -OCH3 is 4. The third-order valence-electron chi connectivity index (χ3n) is 3.40. The molecule has 10 nitrogen and oxygen atoms in total. The van der Waals surface area contributed by atoms with Crippen LogP contribution in [0.4, 0.5) is 0 Å². The van der Waals surface area contributed by atoms with E-state index >= 15 is 0 Å². The zero-order chi connectivity index (χ0) is 17.1. The van der Waals surface area contributed by atoms with E-state index in [2.05, 4.69) is 18.9 Å². The SMILES string of the molecule is COC(=O)C1ON(C)C(C(=O)OC)(C(=O)OC)C1C(=O)OC. The molecule has 0 saturated carbocycles. The second kappa shape index (κ2) is 6.71. The summed E-state index contributed by atoms with van der Waals surface area (Å²) in [6.07, 6.45) is -1.57. The topological polar surface area (TPSA) is 118 Å². The fourth-order valence-corrected chi connectivity index (χ4v) is 2.35. The maximum absolute atomic E-state index is 12.2. The third-order valence-corrected chi connectivity index (χ3v) is 3.40. The van der Waals surface area contributed by atoms with E-state index in [1.54, 1.807) is 0 Å². The molecule has 1 rings (SSSR count). The highest BCUT2D eigenvalue weighted by atomic mass is 16.7. The molecular weight excluding hydrogens is 302 g/mol. The van der Waals surface area contributed by atoms with Crippen LogP contribution in [-0.2, 0) is 43.0 Å². The summed E-state index contributed by atoms with van der Waals surface area (Å²) in [7, 11) is 5.32. The summed E-state index contributed by atoms with van der Waals surface area (Å²) < 4.78 is 18.3. The minimum atomic E-state index is -2.32. The average molecular weight is 319 g/mol. The molecule has 0 bridgehead atoms. The first-order chi connectivity index (χ1) is 10.3. The van der Waals surface area contributed by atoms with Gasteiger partial charge in [-0.2, -0.15) is 5.06 Å². The number of carbonyl (C=O) groups excluding carboxylic acids is 4. The normalized spacial score (nSPS) is 23.5. The van der Waals surface area contributed by atoms with E-state index in [0.717, 1.165) is 33.5 Å². The number of esters is 4. The number of hydrogen-bond donors (Lipinski definition) is 0. The van der Waals surface area contributed by atoms with Crippen molar-refractivity contribution in [3.05, 3.63) is 0 Å². The summed E-state index contributed by atoms with van der Waals surface area (Å²) in [6.45, 7) is 0. The standard InChI is InChI=1S/C12H17NO9/c1-13-12(10(16)20-4,11(17)21-5)6(8(14)18-2)7(22-13)9(15)19-3/h6-7H,1-5H3. The van der Waals surface area contributed by atoms with Crippen molar-refractivity contribution < 1.29 is 43.0 Å². The molecule has 1 fully saturated rings. The smallest absolute Gasteiger partial charge is 0.341 e. The Kier molecular flexibility index (Phi) is 5.44. The van der Waals surface area contributed by atoms with Crippen LogP contribution in [0.1, 0.15) is 0 Å². The lowest BCUT2D eigenvalue weighted by Gasteiger charge is -2.31. The van der Waals surface area contributed by atoms with Crippen molar-refractivity contribution >= 4 is 23.9 Å². The van der Waals surface area contributed by atoms with Crippen LogP contribution in [0.3, 0.4) is 0 Å². The van der Waals surface area contributed by atoms with Gasteiger partial charge in [0.05, 0.1) is 28.4 Å². The Hall–Kier alpha value is -2.20. The Morgan fingerprint density at radius 3 is 1.68 bits per heavy atom. The predicted molar refractivity (Wildman–Crippen MR) is 66.9 cm³/mol. The van der Waals surface area contributed by atoms with Gasteiger partial charge in [0.15, 0.2) is 6.10 Å². The fourth-order valence-electron chi connectivity index (χ4n) is 2.35. The molecule has 1 heterocycles. The number of carbonyl (C=O) groups is 4. The first-order valence-electron chi connectivity index (χ1n) is 6.05. The summed E-state index contributed by atoms with van der Waals surface area (Å²) in [5, 5.41) is 0.744. The molecule has 0 aromatic heterocycles. The van der Waals surface area contributed by atoms with E-state index in [-0.39, 0.29) is 0 Å². The van der Waals surface area contributed by atoms with Gasteiger partial charge >= 0.3 is 23.9 Å². The number of likely N-dealkylation sites (N-methyl/N-ethyl adjacent to an activating group) is 1. The highest BCUT2D eigenvalue weighted by molar-refractivity contribution is 6.10. The Morgan fingerprint density at radius 1 is 0.864 bits per heavy atom. The van der Waals surface area contributed by atoms with Crippen molar-refractivity contribution in [1.29, 1.82) is 0 Å². The Labute approximate surface area is 126 Å². The van der Waals surface area contributed by atoms with E-state index in [9.17, 15) is 19.2 Å². The molecule has 0 aromatic rings. The summed E-state index contributed by atoms with van der Waals surface area (Å²) in [5.41, 5.74) is -2.32. The van der Waals surface area contributed by atoms with Crippen LogP contribution in [0.2, 0.25) is 0 Å². The van der Waals surface area contributed by atoms with Crippen LogP contribution >= 0.6 is 0 Å². The molecule has 0 aromatic carbocycles. The maximum Gasteiger partial charge on any atom is 0.341 e. The molecule has 10 heteroatoms. The van der Waals surface area contributed by atoms with Gasteiger partial charge in [0.1, 0.15) is 5.92 Å². The molecule has 2 unspecified atom stereocenters. The van der Waals surface area contributed by atoms with Crippen LogP contribution in [-0.4, -0.2) is 76.1 Å². The van der Waals surface area contributed by atoms with Crippen molar-refractivity contribution in [2.45, 2.75) is 11.6 Å². The quantitative estimate of drug-likeness (QED) is 0.336. The number of rotatable bonds is 4. The molecular formula is C12H17NO9. The number of hydroxylamine groups is 2. The highest BCUT2D eigenvalue weighted by Gasteiger charge is 2.71. The minimum absolute atomic E-state index is 0.744. The van der Waals surface area contributed by atoms with Crippen LogP contribution in [0, 0.1) is 5.92 Å². The van der Waals surface area contributed by atoms with E-state index in [1.165, 1.54) is 7.05 Å². The lowest BCUT2D eigenvalue weighted by Crippen LogP contribution is -2.62. The summed E-state index contributed by atoms with van der Waals surface area (Å²) in [5.74, 6) is -5.92. The van der Waals surface area contributed by atoms with Crippen LogP contribution in [0.25, 0.3) is 0 Å². The Bertz CT molecular complexity index is 473. The van der Waals surface area contributed by atoms with Crippen LogP contribution < -0.4 is 0 Å². The molecule has 0 N–H and O–H groups in total. The van der Waals surface area contributed by atoms with Crippen molar-refractivity contribution in [3.8, 4) is 0 Å². The molecule has 22 heavy (non-hydrogen) atoms. The maximum atomic E-state index is 12.2. The second-order valence-corrected chi connectivity index (χ2v) is 4.30. The Balaban J connectivity index is 3.55. The molecule has 1 saturated heterocycles. The summed E-state index contributed by atoms with van der Waals surface area (Å²) in [4.78, 5) is 53.5. The molecule has 2 atom stereocenters. The Morgan fingerprint density at radius 2 is 1.32 bits per heavy atom. The average Bonchev–Trinajstić information content (AvgIpc) is 2.85.